The van der Waals surface area contributed by atoms with Crippen LogP contribution in [0.5, 0.6) is 0 Å². The molecule has 2 aromatic carbocycles. The van der Waals surface area contributed by atoms with Crippen LogP contribution in [-0.2, 0) is 21.2 Å². The van der Waals surface area contributed by atoms with Crippen molar-refractivity contribution in [3.8, 4) is 0 Å². The fourth-order valence-electron chi connectivity index (χ4n) is 2.76. The molecule has 0 spiro atoms. The van der Waals surface area contributed by atoms with Crippen molar-refractivity contribution < 1.29 is 13.2 Å². The SMILES string of the molecule is BC(Cc1ccc(C)cc1)NC(=O)CCN(c1ccccc1)S(C)(=O)=O. The molecule has 1 unspecified atom stereocenters. The number of nitrogens with one attached hydrogen (secondary N) is 1. The first-order valence-electron chi connectivity index (χ1n) is 8.63. The average molecular weight is 372 g/mol. The van der Waals surface area contributed by atoms with Crippen LogP contribution in [0.25, 0.3) is 0 Å². The van der Waals surface area contributed by atoms with E-state index in [2.05, 4.69) is 17.4 Å². The minimum absolute atomic E-state index is 0.0198. The van der Waals surface area contributed by atoms with E-state index in [1.807, 2.05) is 33.0 Å². The van der Waals surface area contributed by atoms with E-state index in [0.29, 0.717) is 5.69 Å². The number of carbonyl (C=O) groups is 1. The Balaban J connectivity index is 1.90. The molecule has 1 atom stereocenters. The van der Waals surface area contributed by atoms with Gasteiger partial charge in [0.05, 0.1) is 11.9 Å². The summed E-state index contributed by atoms with van der Waals surface area (Å²) in [5.74, 6) is -0.178. The maximum Gasteiger partial charge on any atom is 0.232 e. The smallest absolute Gasteiger partial charge is 0.232 e. The Hall–Kier alpha value is -2.28. The van der Waals surface area contributed by atoms with Crippen LogP contribution in [0.4, 0.5) is 5.69 Å². The van der Waals surface area contributed by atoms with Crippen LogP contribution in [0.3, 0.4) is 0 Å². The van der Waals surface area contributed by atoms with Crippen molar-refractivity contribution in [1.29, 1.82) is 0 Å². The van der Waals surface area contributed by atoms with Crippen LogP contribution in [0.2, 0.25) is 0 Å². The third-order valence-electron chi connectivity index (χ3n) is 4.06. The second-order valence-corrected chi connectivity index (χ2v) is 8.49. The first-order valence-corrected chi connectivity index (χ1v) is 10.5. The summed E-state index contributed by atoms with van der Waals surface area (Å²) >= 11 is 0. The number of carbonyl (C=O) groups excluding carboxylic acids is 1. The van der Waals surface area contributed by atoms with Crippen molar-refractivity contribution in [3.05, 3.63) is 65.7 Å². The van der Waals surface area contributed by atoms with Crippen LogP contribution in [0, 0.1) is 6.92 Å². The number of hydrogen-bond donors (Lipinski definition) is 1. The highest BCUT2D eigenvalue weighted by molar-refractivity contribution is 7.92. The number of para-hydroxylation sites is 1. The van der Waals surface area contributed by atoms with Gasteiger partial charge in [0.25, 0.3) is 0 Å². The van der Waals surface area contributed by atoms with Gasteiger partial charge in [-0.1, -0.05) is 48.0 Å². The molecule has 0 aliphatic rings. The number of benzene rings is 2. The minimum atomic E-state index is -3.44. The quantitative estimate of drug-likeness (QED) is 0.714. The summed E-state index contributed by atoms with van der Waals surface area (Å²) in [6, 6.07) is 17.0. The van der Waals surface area contributed by atoms with Gasteiger partial charge in [-0.25, -0.2) is 8.42 Å². The Kier molecular flexibility index (Phi) is 6.86. The molecule has 1 N–H and O–H groups in total. The third-order valence-corrected chi connectivity index (χ3v) is 5.25. The zero-order chi connectivity index (χ0) is 19.2. The van der Waals surface area contributed by atoms with Gasteiger partial charge in [0.15, 0.2) is 0 Å². The molecule has 0 saturated heterocycles. The Morgan fingerprint density at radius 3 is 2.31 bits per heavy atom. The summed E-state index contributed by atoms with van der Waals surface area (Å²) < 4.78 is 25.3. The van der Waals surface area contributed by atoms with Gasteiger partial charge in [-0.05, 0) is 31.0 Å². The van der Waals surface area contributed by atoms with Crippen molar-refractivity contribution in [2.75, 3.05) is 17.1 Å². The van der Waals surface area contributed by atoms with E-state index < -0.39 is 10.0 Å². The standard InChI is InChI=1S/C19H25BN2O3S/c1-15-8-10-16(11-9-15)14-18(20)21-19(23)12-13-22(26(2,24)25)17-6-4-3-5-7-17/h3-11,18H,12-14,20H2,1-2H3,(H,21,23). The van der Waals surface area contributed by atoms with E-state index in [1.54, 1.807) is 24.3 Å². The largest absolute Gasteiger partial charge is 0.361 e. The first-order chi connectivity index (χ1) is 12.3. The Morgan fingerprint density at radius 1 is 1.12 bits per heavy atom. The van der Waals surface area contributed by atoms with Gasteiger partial charge >= 0.3 is 0 Å². The molecule has 0 aromatic heterocycles. The van der Waals surface area contributed by atoms with Gasteiger partial charge in [0.1, 0.15) is 7.85 Å². The number of aryl methyl sites for hydroxylation is 1. The lowest BCUT2D eigenvalue weighted by Crippen LogP contribution is -2.39. The molecular weight excluding hydrogens is 347 g/mol. The highest BCUT2D eigenvalue weighted by Gasteiger charge is 2.18. The maximum absolute atomic E-state index is 12.2. The zero-order valence-electron chi connectivity index (χ0n) is 15.5. The molecule has 0 bridgehead atoms. The predicted octanol–water partition coefficient (Wildman–Crippen LogP) is 1.47. The molecule has 2 aromatic rings. The molecule has 7 heteroatoms. The number of nitrogens with zero attached hydrogens (tertiary/aromatic N) is 1. The number of amides is 1. The Morgan fingerprint density at radius 2 is 1.73 bits per heavy atom. The van der Waals surface area contributed by atoms with Crippen molar-refractivity contribution >= 4 is 29.5 Å². The topological polar surface area (TPSA) is 66.5 Å². The molecule has 0 saturated carbocycles. The van der Waals surface area contributed by atoms with Crippen molar-refractivity contribution in [2.45, 2.75) is 25.7 Å². The van der Waals surface area contributed by atoms with Gasteiger partial charge in [0, 0.05) is 18.9 Å². The molecule has 1 amide bonds. The second kappa shape index (κ2) is 8.89. The van der Waals surface area contributed by atoms with Crippen LogP contribution < -0.4 is 9.62 Å². The number of anilines is 1. The minimum Gasteiger partial charge on any atom is -0.361 e. The summed E-state index contributed by atoms with van der Waals surface area (Å²) in [6.45, 7) is 2.15. The normalized spacial score (nSPS) is 12.4. The summed E-state index contributed by atoms with van der Waals surface area (Å²) in [5.41, 5.74) is 2.92. The van der Waals surface area contributed by atoms with E-state index >= 15 is 0 Å². The first kappa shape index (κ1) is 20.0. The predicted molar refractivity (Wildman–Crippen MR) is 109 cm³/mol. The summed E-state index contributed by atoms with van der Waals surface area (Å²) in [5, 5.41) is 2.94. The van der Waals surface area contributed by atoms with E-state index in [0.717, 1.165) is 18.2 Å². The second-order valence-electron chi connectivity index (χ2n) is 6.58. The lowest BCUT2D eigenvalue weighted by molar-refractivity contribution is -0.121. The average Bonchev–Trinajstić information content (AvgIpc) is 2.57. The van der Waals surface area contributed by atoms with Gasteiger partial charge in [-0.2, -0.15) is 0 Å². The van der Waals surface area contributed by atoms with Gasteiger partial charge in [-0.15, -0.1) is 0 Å². The van der Waals surface area contributed by atoms with Crippen LogP contribution in [-0.4, -0.2) is 40.9 Å². The molecular formula is C19H25BN2O3S. The maximum atomic E-state index is 12.2. The Bertz CT molecular complexity index is 824. The summed E-state index contributed by atoms with van der Waals surface area (Å²) in [4.78, 5) is 12.2. The Labute approximate surface area is 156 Å². The van der Waals surface area contributed by atoms with Gasteiger partial charge in [-0.3, -0.25) is 9.10 Å². The summed E-state index contributed by atoms with van der Waals surface area (Å²) in [7, 11) is -1.49. The molecule has 0 radical (unpaired) electrons. The molecule has 26 heavy (non-hydrogen) atoms. The molecule has 138 valence electrons. The van der Waals surface area contributed by atoms with Crippen LogP contribution in [0.1, 0.15) is 17.5 Å². The lowest BCUT2D eigenvalue weighted by atomic mass is 9.89. The van der Waals surface area contributed by atoms with Crippen molar-refractivity contribution in [2.24, 2.45) is 0 Å². The monoisotopic (exact) mass is 372 g/mol. The molecule has 0 fully saturated rings. The number of sulfonamides is 1. The fourth-order valence-corrected chi connectivity index (χ4v) is 3.69. The molecule has 0 aliphatic carbocycles. The fraction of sp³-hybridized carbons (Fsp3) is 0.316. The number of rotatable bonds is 8. The van der Waals surface area contributed by atoms with E-state index in [-0.39, 0.29) is 24.8 Å². The third kappa shape index (κ3) is 6.22. The lowest BCUT2D eigenvalue weighted by Gasteiger charge is -2.22. The van der Waals surface area contributed by atoms with E-state index in [9.17, 15) is 13.2 Å². The summed E-state index contributed by atoms with van der Waals surface area (Å²) in [6.07, 6.45) is 2.00. The highest BCUT2D eigenvalue weighted by Crippen LogP contribution is 2.17. The molecule has 0 heterocycles. The van der Waals surface area contributed by atoms with E-state index in [1.165, 1.54) is 9.87 Å². The zero-order valence-corrected chi connectivity index (χ0v) is 16.3. The van der Waals surface area contributed by atoms with Crippen molar-refractivity contribution in [1.82, 2.24) is 5.32 Å². The molecule has 5 nitrogen and oxygen atoms in total. The van der Waals surface area contributed by atoms with Crippen LogP contribution >= 0.6 is 0 Å². The number of hydrogen-bond acceptors (Lipinski definition) is 3. The van der Waals surface area contributed by atoms with E-state index in [4.69, 9.17) is 0 Å². The van der Waals surface area contributed by atoms with Crippen molar-refractivity contribution in [3.63, 3.8) is 0 Å². The highest BCUT2D eigenvalue weighted by atomic mass is 32.2. The van der Waals surface area contributed by atoms with Gasteiger partial charge in [0.2, 0.25) is 15.9 Å². The van der Waals surface area contributed by atoms with Gasteiger partial charge < -0.3 is 5.32 Å². The van der Waals surface area contributed by atoms with Crippen LogP contribution in [0.15, 0.2) is 54.6 Å². The molecule has 0 aliphatic heterocycles. The molecule has 2 rings (SSSR count).